The molecule has 0 bridgehead atoms. The molecule has 52 heavy (non-hydrogen) atoms. The highest BCUT2D eigenvalue weighted by Gasteiger charge is 2.40. The summed E-state index contributed by atoms with van der Waals surface area (Å²) in [6, 6.07) is 49.3. The van der Waals surface area contributed by atoms with Crippen molar-refractivity contribution in [2.24, 2.45) is 0 Å². The number of hydrogen-bond donors (Lipinski definition) is 0. The Morgan fingerprint density at radius 1 is 0.481 bits per heavy atom. The van der Waals surface area contributed by atoms with Gasteiger partial charge in [-0.15, -0.1) is 0 Å². The van der Waals surface area contributed by atoms with Gasteiger partial charge in [0, 0.05) is 27.5 Å². The Bertz CT molecular complexity index is 2760. The Morgan fingerprint density at radius 3 is 1.63 bits per heavy atom. The van der Waals surface area contributed by atoms with E-state index < -0.39 is 11.8 Å². The zero-order valence-electron chi connectivity index (χ0n) is 27.4. The number of benzene rings is 5. The molecule has 0 unspecified atom stereocenters. The van der Waals surface area contributed by atoms with Gasteiger partial charge in [0.25, 0.3) is 11.8 Å². The van der Waals surface area contributed by atoms with Crippen LogP contribution in [0.4, 0.5) is 5.69 Å². The van der Waals surface area contributed by atoms with Crippen LogP contribution >= 0.6 is 0 Å². The number of nitrogens with zero attached hydrogens (tertiary/aromatic N) is 6. The van der Waals surface area contributed by atoms with Crippen LogP contribution in [-0.4, -0.2) is 26.3 Å². The van der Waals surface area contributed by atoms with Gasteiger partial charge in [0.15, 0.2) is 0 Å². The molecule has 0 N–H and O–H groups in total. The lowest BCUT2D eigenvalue weighted by Gasteiger charge is -2.19. The zero-order chi connectivity index (χ0) is 35.3. The minimum Gasteiger partial charge on any atom is -0.308 e. The van der Waals surface area contributed by atoms with E-state index in [0.717, 1.165) is 44.1 Å². The molecule has 0 spiro atoms. The maximum absolute atomic E-state index is 14.7. The molecule has 0 aliphatic carbocycles. The molecule has 8 aromatic rings. The van der Waals surface area contributed by atoms with Gasteiger partial charge in [0.2, 0.25) is 0 Å². The van der Waals surface area contributed by atoms with Crippen LogP contribution in [0.25, 0.3) is 61.1 Å². The van der Waals surface area contributed by atoms with E-state index in [2.05, 4.69) is 22.1 Å². The summed E-state index contributed by atoms with van der Waals surface area (Å²) in [7, 11) is 0. The molecular weight excluding hydrogens is 645 g/mol. The zero-order valence-corrected chi connectivity index (χ0v) is 27.4. The third-order valence-electron chi connectivity index (χ3n) is 9.45. The van der Waals surface area contributed by atoms with Crippen molar-refractivity contribution in [2.75, 3.05) is 4.90 Å². The molecule has 8 nitrogen and oxygen atoms in total. The fourth-order valence-corrected chi connectivity index (χ4v) is 7.12. The predicted octanol–water partition coefficient (Wildman–Crippen LogP) is 9.12. The maximum Gasteiger partial charge on any atom is 0.268 e. The minimum absolute atomic E-state index is 0.291. The highest BCUT2D eigenvalue weighted by Crippen LogP contribution is 2.41. The van der Waals surface area contributed by atoms with Crippen LogP contribution in [-0.2, 0) is 0 Å². The van der Waals surface area contributed by atoms with E-state index in [0.29, 0.717) is 45.3 Å². The number of carbonyl (C=O) groups excluding carboxylic acids is 2. The first-order chi connectivity index (χ1) is 25.5. The van der Waals surface area contributed by atoms with Crippen molar-refractivity contribution in [1.82, 2.24) is 14.5 Å². The summed E-state index contributed by atoms with van der Waals surface area (Å²) < 4.78 is 2.01. The van der Waals surface area contributed by atoms with Crippen molar-refractivity contribution in [2.45, 2.75) is 0 Å². The Morgan fingerprint density at radius 2 is 1.02 bits per heavy atom. The number of amides is 2. The summed E-state index contributed by atoms with van der Waals surface area (Å²) in [5, 5.41) is 20.9. The van der Waals surface area contributed by atoms with Crippen molar-refractivity contribution in [3.05, 3.63) is 168 Å². The van der Waals surface area contributed by atoms with Crippen LogP contribution < -0.4 is 4.90 Å². The molecule has 2 amide bonds. The molecule has 0 radical (unpaired) electrons. The van der Waals surface area contributed by atoms with Crippen molar-refractivity contribution >= 4 is 39.3 Å². The molecule has 8 heteroatoms. The van der Waals surface area contributed by atoms with Crippen LogP contribution in [0.3, 0.4) is 0 Å². The lowest BCUT2D eigenvalue weighted by Crippen LogP contribution is -2.30. The van der Waals surface area contributed by atoms with Crippen LogP contribution in [0, 0.1) is 22.7 Å². The Hall–Kier alpha value is -7.68. The molecule has 3 aromatic heterocycles. The number of aromatic nitrogens is 3. The topological polar surface area (TPSA) is 116 Å². The molecule has 0 saturated carbocycles. The first-order valence-corrected chi connectivity index (χ1v) is 16.5. The standard InChI is InChI=1S/C44H24N6O2/c45-25-30-11-6-15-36(47-30)28-19-21-33-34-22-20-29(37-16-7-12-31(26-46)48-37)24-41(34)49(40(33)23-28)39-18-8-14-35-42(39)44(52)50(43(35)51)38-17-5-4-13-32(38)27-9-2-1-3-10-27/h1-24H. The molecule has 4 heterocycles. The first kappa shape index (κ1) is 30.4. The number of hydrogen-bond acceptors (Lipinski definition) is 6. The first-order valence-electron chi connectivity index (χ1n) is 16.5. The summed E-state index contributed by atoms with van der Waals surface area (Å²) in [6.07, 6.45) is 0. The second-order valence-corrected chi connectivity index (χ2v) is 12.4. The number of para-hydroxylation sites is 1. The van der Waals surface area contributed by atoms with Gasteiger partial charge in [-0.2, -0.15) is 10.5 Å². The Labute approximate surface area is 297 Å². The highest BCUT2D eigenvalue weighted by atomic mass is 16.2. The predicted molar refractivity (Wildman–Crippen MR) is 200 cm³/mol. The molecule has 1 aliphatic rings. The minimum atomic E-state index is -0.423. The lowest BCUT2D eigenvalue weighted by atomic mass is 10.0. The van der Waals surface area contributed by atoms with E-state index >= 15 is 0 Å². The second kappa shape index (κ2) is 12.0. The number of nitriles is 2. The fourth-order valence-electron chi connectivity index (χ4n) is 7.12. The number of carbonyl (C=O) groups is 2. The van der Waals surface area contributed by atoms with Gasteiger partial charge < -0.3 is 4.57 Å². The van der Waals surface area contributed by atoms with Crippen LogP contribution in [0.1, 0.15) is 32.1 Å². The molecule has 0 atom stereocenters. The van der Waals surface area contributed by atoms with E-state index in [4.69, 9.17) is 0 Å². The van der Waals surface area contributed by atoms with Gasteiger partial charge in [-0.05, 0) is 60.2 Å². The lowest BCUT2D eigenvalue weighted by molar-refractivity contribution is 0.0926. The van der Waals surface area contributed by atoms with Gasteiger partial charge in [0.05, 0.1) is 44.9 Å². The fraction of sp³-hybridized carbons (Fsp3) is 0. The third-order valence-corrected chi connectivity index (χ3v) is 9.45. The van der Waals surface area contributed by atoms with Gasteiger partial charge in [-0.25, -0.2) is 14.9 Å². The van der Waals surface area contributed by atoms with Gasteiger partial charge >= 0.3 is 0 Å². The smallest absolute Gasteiger partial charge is 0.268 e. The average molecular weight is 669 g/mol. The number of pyridine rings is 2. The van der Waals surface area contributed by atoms with Gasteiger partial charge in [0.1, 0.15) is 23.5 Å². The van der Waals surface area contributed by atoms with E-state index in [1.165, 1.54) is 4.90 Å². The normalized spacial score (nSPS) is 12.2. The van der Waals surface area contributed by atoms with Crippen LogP contribution in [0.15, 0.2) is 146 Å². The molecular formula is C44H24N6O2. The SMILES string of the molecule is N#Cc1cccc(-c2ccc3c4ccc(-c5cccc(C#N)n5)cc4n(-c4cccc5c4C(=O)N(c4ccccc4-c4ccccc4)C5=O)c3c2)n1. The Kier molecular flexibility index (Phi) is 7.03. The second-order valence-electron chi connectivity index (χ2n) is 12.4. The highest BCUT2D eigenvalue weighted by molar-refractivity contribution is 6.36. The summed E-state index contributed by atoms with van der Waals surface area (Å²) in [4.78, 5) is 39.3. The van der Waals surface area contributed by atoms with Crippen molar-refractivity contribution in [3.63, 3.8) is 0 Å². The number of fused-ring (bicyclic) bond motifs is 4. The molecule has 0 saturated heterocycles. The summed E-state index contributed by atoms with van der Waals surface area (Å²) in [5.74, 6) is -0.824. The van der Waals surface area contributed by atoms with Gasteiger partial charge in [-0.1, -0.05) is 91.0 Å². The Balaban J connectivity index is 1.30. The van der Waals surface area contributed by atoms with Gasteiger partial charge in [-0.3, -0.25) is 9.59 Å². The third kappa shape index (κ3) is 4.75. The largest absolute Gasteiger partial charge is 0.308 e. The van der Waals surface area contributed by atoms with E-state index in [-0.39, 0.29) is 0 Å². The van der Waals surface area contributed by atoms with Crippen molar-refractivity contribution in [1.29, 1.82) is 10.5 Å². The molecule has 9 rings (SSSR count). The molecule has 242 valence electrons. The summed E-state index contributed by atoms with van der Waals surface area (Å²) in [6.45, 7) is 0. The van der Waals surface area contributed by atoms with Crippen molar-refractivity contribution in [3.8, 4) is 51.5 Å². The summed E-state index contributed by atoms with van der Waals surface area (Å²) in [5.41, 5.74) is 8.29. The molecule has 0 fully saturated rings. The monoisotopic (exact) mass is 668 g/mol. The van der Waals surface area contributed by atoms with Crippen molar-refractivity contribution < 1.29 is 9.59 Å². The quantitative estimate of drug-likeness (QED) is 0.169. The summed E-state index contributed by atoms with van der Waals surface area (Å²) >= 11 is 0. The molecule has 1 aliphatic heterocycles. The van der Waals surface area contributed by atoms with E-state index in [1.807, 2.05) is 108 Å². The average Bonchev–Trinajstić information content (AvgIpc) is 3.67. The number of anilines is 1. The number of rotatable bonds is 5. The maximum atomic E-state index is 14.7. The number of imide groups is 1. The van der Waals surface area contributed by atoms with E-state index in [9.17, 15) is 20.1 Å². The molecule has 5 aromatic carbocycles. The van der Waals surface area contributed by atoms with Crippen LogP contribution in [0.5, 0.6) is 0 Å². The van der Waals surface area contributed by atoms with E-state index in [1.54, 1.807) is 42.5 Å². The van der Waals surface area contributed by atoms with Crippen LogP contribution in [0.2, 0.25) is 0 Å².